The van der Waals surface area contributed by atoms with Crippen LogP contribution in [0.15, 0.2) is 42.9 Å². The molecular formula is C27H35N5O3. The number of hydrogen-bond donors (Lipinski definition) is 1. The van der Waals surface area contributed by atoms with Crippen molar-refractivity contribution in [3.05, 3.63) is 54.0 Å². The predicted octanol–water partition coefficient (Wildman–Crippen LogP) is 3.70. The number of fused-ring (bicyclic) bond motifs is 1. The number of aryl methyl sites for hydroxylation is 1. The largest absolute Gasteiger partial charge is 0.353 e. The van der Waals surface area contributed by atoms with Gasteiger partial charge in [0.05, 0.1) is 5.56 Å². The maximum atomic E-state index is 12.4. The molecule has 35 heavy (non-hydrogen) atoms. The summed E-state index contributed by atoms with van der Waals surface area (Å²) in [7, 11) is 2.10. The van der Waals surface area contributed by atoms with E-state index in [2.05, 4.69) is 62.3 Å². The third kappa shape index (κ3) is 5.89. The number of benzene rings is 1. The van der Waals surface area contributed by atoms with Crippen LogP contribution in [0.2, 0.25) is 0 Å². The first-order chi connectivity index (χ1) is 17.2. The number of ketones is 1. The van der Waals surface area contributed by atoms with Crippen LogP contribution in [0.4, 0.5) is 5.95 Å². The van der Waals surface area contributed by atoms with Crippen molar-refractivity contribution in [3.63, 3.8) is 0 Å². The van der Waals surface area contributed by atoms with Gasteiger partial charge in [0, 0.05) is 62.8 Å². The number of ether oxygens (including phenoxy) is 2. The first kappa shape index (κ1) is 23.9. The number of carbonyl (C=O) groups excluding carboxylic acids is 1. The van der Waals surface area contributed by atoms with E-state index in [9.17, 15) is 4.79 Å². The molecule has 1 aromatic carbocycles. The van der Waals surface area contributed by atoms with E-state index in [-0.39, 0.29) is 18.7 Å². The lowest BCUT2D eigenvalue weighted by Gasteiger charge is -2.32. The molecule has 2 aliphatic heterocycles. The maximum Gasteiger partial charge on any atom is 0.225 e. The number of para-hydroxylation sites is 1. The van der Waals surface area contributed by atoms with Crippen molar-refractivity contribution in [1.82, 2.24) is 19.9 Å². The fourth-order valence-electron chi connectivity index (χ4n) is 5.04. The summed E-state index contributed by atoms with van der Waals surface area (Å²) < 4.78 is 13.3. The number of Topliss-reactive ketones (excluding diaryl/α,β-unsaturated/α-hetero) is 1. The zero-order valence-corrected chi connectivity index (χ0v) is 20.5. The molecule has 5 rings (SSSR count). The Balaban J connectivity index is 1.05. The van der Waals surface area contributed by atoms with Gasteiger partial charge in [-0.25, -0.2) is 9.97 Å². The van der Waals surface area contributed by atoms with E-state index in [0.717, 1.165) is 58.3 Å². The number of aromatic nitrogens is 3. The van der Waals surface area contributed by atoms with Gasteiger partial charge in [0.25, 0.3) is 0 Å². The highest BCUT2D eigenvalue weighted by Crippen LogP contribution is 2.22. The van der Waals surface area contributed by atoms with Crippen molar-refractivity contribution in [2.24, 2.45) is 13.0 Å². The minimum Gasteiger partial charge on any atom is -0.353 e. The molecule has 2 saturated heterocycles. The minimum absolute atomic E-state index is 0.00451. The summed E-state index contributed by atoms with van der Waals surface area (Å²) in [4.78, 5) is 23.6. The Labute approximate surface area is 206 Å². The Bertz CT molecular complexity index is 1120. The van der Waals surface area contributed by atoms with Gasteiger partial charge in [-0.15, -0.1) is 0 Å². The molecule has 2 aliphatic rings. The molecule has 8 heteroatoms. The van der Waals surface area contributed by atoms with Crippen molar-refractivity contribution in [3.8, 4) is 0 Å². The molecule has 8 nitrogen and oxygen atoms in total. The monoisotopic (exact) mass is 477 g/mol. The molecule has 186 valence electrons. The summed E-state index contributed by atoms with van der Waals surface area (Å²) in [5.41, 5.74) is 3.11. The van der Waals surface area contributed by atoms with Crippen LogP contribution in [0, 0.1) is 5.92 Å². The second-order valence-corrected chi connectivity index (χ2v) is 9.65. The molecule has 3 aromatic rings. The van der Waals surface area contributed by atoms with Gasteiger partial charge in [-0.2, -0.15) is 0 Å². The predicted molar refractivity (Wildman–Crippen MR) is 135 cm³/mol. The molecule has 2 aromatic heterocycles. The van der Waals surface area contributed by atoms with Gasteiger partial charge in [-0.1, -0.05) is 18.2 Å². The third-order valence-corrected chi connectivity index (χ3v) is 7.12. The first-order valence-corrected chi connectivity index (χ1v) is 12.7. The maximum absolute atomic E-state index is 12.4. The minimum atomic E-state index is -0.268. The van der Waals surface area contributed by atoms with Crippen LogP contribution in [0.1, 0.15) is 48.0 Å². The average molecular weight is 478 g/mol. The smallest absolute Gasteiger partial charge is 0.225 e. The molecule has 1 atom stereocenters. The summed E-state index contributed by atoms with van der Waals surface area (Å²) in [6.45, 7) is 4.46. The van der Waals surface area contributed by atoms with E-state index in [1.165, 1.54) is 16.5 Å². The van der Waals surface area contributed by atoms with Gasteiger partial charge in [-0.3, -0.25) is 4.79 Å². The topological polar surface area (TPSA) is 81.5 Å². The van der Waals surface area contributed by atoms with Crippen molar-refractivity contribution in [2.45, 2.75) is 44.9 Å². The summed E-state index contributed by atoms with van der Waals surface area (Å²) in [6.07, 6.45) is 10.4. The van der Waals surface area contributed by atoms with E-state index in [0.29, 0.717) is 24.0 Å². The Morgan fingerprint density at radius 3 is 2.71 bits per heavy atom. The highest BCUT2D eigenvalue weighted by atomic mass is 16.7. The molecule has 0 spiro atoms. The number of anilines is 1. The molecule has 4 heterocycles. The highest BCUT2D eigenvalue weighted by molar-refractivity contribution is 5.96. The van der Waals surface area contributed by atoms with Crippen molar-refractivity contribution in [1.29, 1.82) is 0 Å². The van der Waals surface area contributed by atoms with E-state index in [1.807, 2.05) is 0 Å². The number of nitrogens with one attached hydrogen (secondary N) is 1. The fraction of sp³-hybridized carbons (Fsp3) is 0.519. The van der Waals surface area contributed by atoms with Crippen LogP contribution >= 0.6 is 0 Å². The van der Waals surface area contributed by atoms with Gasteiger partial charge in [-0.05, 0) is 56.2 Å². The molecule has 0 bridgehead atoms. The molecule has 1 N–H and O–H groups in total. The Morgan fingerprint density at radius 2 is 1.94 bits per heavy atom. The second kappa shape index (κ2) is 11.3. The van der Waals surface area contributed by atoms with E-state index >= 15 is 0 Å². The molecule has 2 fully saturated rings. The lowest BCUT2D eigenvalue weighted by Crippen LogP contribution is -2.38. The molecule has 1 unspecified atom stereocenters. The van der Waals surface area contributed by atoms with Crippen LogP contribution in [0.25, 0.3) is 10.9 Å². The van der Waals surface area contributed by atoms with Crippen molar-refractivity contribution < 1.29 is 14.3 Å². The van der Waals surface area contributed by atoms with Crippen molar-refractivity contribution in [2.75, 3.05) is 37.7 Å². The number of nitrogens with zero attached hydrogens (tertiary/aromatic N) is 4. The second-order valence-electron chi connectivity index (χ2n) is 9.65. The average Bonchev–Trinajstić information content (AvgIpc) is 3.24. The Morgan fingerprint density at radius 1 is 1.14 bits per heavy atom. The zero-order chi connectivity index (χ0) is 24.0. The number of piperidine rings is 1. The third-order valence-electron chi connectivity index (χ3n) is 7.12. The Hall–Kier alpha value is -2.81. The molecular weight excluding hydrogens is 442 g/mol. The van der Waals surface area contributed by atoms with E-state index < -0.39 is 0 Å². The number of rotatable bonds is 9. The number of hydrogen-bond acceptors (Lipinski definition) is 7. The Kier molecular flexibility index (Phi) is 7.71. The highest BCUT2D eigenvalue weighted by Gasteiger charge is 2.22. The van der Waals surface area contributed by atoms with Gasteiger partial charge in [0.2, 0.25) is 5.95 Å². The normalized spacial score (nSPS) is 19.3. The standard InChI is InChI=1S/C27H35N5O3/c1-31-18-22(23-6-2-3-7-24(23)31)15-28-14-20-9-11-32(12-10-20)27-29-16-21(17-30-27)25(33)19-35-26-8-4-5-13-34-26/h2-3,6-7,16-18,20,26,28H,4-5,8-15,19H2,1H3. The fourth-order valence-corrected chi connectivity index (χ4v) is 5.04. The molecule has 0 amide bonds. The van der Waals surface area contributed by atoms with Crippen LogP contribution < -0.4 is 10.2 Å². The van der Waals surface area contributed by atoms with Gasteiger partial charge >= 0.3 is 0 Å². The summed E-state index contributed by atoms with van der Waals surface area (Å²) in [6, 6.07) is 8.55. The zero-order valence-electron chi connectivity index (χ0n) is 20.5. The van der Waals surface area contributed by atoms with Crippen molar-refractivity contribution >= 4 is 22.6 Å². The van der Waals surface area contributed by atoms with Gasteiger partial charge < -0.3 is 24.3 Å². The number of carbonyl (C=O) groups is 1. The van der Waals surface area contributed by atoms with E-state index in [1.54, 1.807) is 12.4 Å². The van der Waals surface area contributed by atoms with Crippen LogP contribution in [-0.2, 0) is 23.1 Å². The lowest BCUT2D eigenvalue weighted by atomic mass is 9.97. The van der Waals surface area contributed by atoms with Gasteiger partial charge in [0.15, 0.2) is 12.1 Å². The van der Waals surface area contributed by atoms with Crippen LogP contribution in [-0.4, -0.2) is 59.5 Å². The summed E-state index contributed by atoms with van der Waals surface area (Å²) >= 11 is 0. The molecule has 0 saturated carbocycles. The summed E-state index contributed by atoms with van der Waals surface area (Å²) in [5, 5.41) is 4.99. The lowest BCUT2D eigenvalue weighted by molar-refractivity contribution is -0.155. The SMILES string of the molecule is Cn1cc(CNCC2CCN(c3ncc(C(=O)COC4CCCCO4)cn3)CC2)c2ccccc21. The molecule has 0 aliphatic carbocycles. The van der Waals surface area contributed by atoms with Gasteiger partial charge in [0.1, 0.15) is 6.61 Å². The quantitative estimate of drug-likeness (QED) is 0.471. The van der Waals surface area contributed by atoms with Crippen LogP contribution in [0.5, 0.6) is 0 Å². The molecule has 0 radical (unpaired) electrons. The summed E-state index contributed by atoms with van der Waals surface area (Å²) in [5.74, 6) is 1.23. The van der Waals surface area contributed by atoms with E-state index in [4.69, 9.17) is 9.47 Å². The van der Waals surface area contributed by atoms with Crippen LogP contribution in [0.3, 0.4) is 0 Å². The first-order valence-electron chi connectivity index (χ1n) is 12.7.